The Labute approximate surface area is 163 Å². The molecule has 0 amide bonds. The molecule has 0 bridgehead atoms. The quantitative estimate of drug-likeness (QED) is 0.667. The van der Waals surface area contributed by atoms with Gasteiger partial charge in [0.25, 0.3) is 0 Å². The van der Waals surface area contributed by atoms with E-state index in [-0.39, 0.29) is 11.8 Å². The van der Waals surface area contributed by atoms with Crippen LogP contribution in [-0.2, 0) is 11.3 Å². The topological polar surface area (TPSA) is 15.7 Å². The molecular formula is C24H30N2O. The summed E-state index contributed by atoms with van der Waals surface area (Å²) in [6.45, 7) is 0.595. The average molecular weight is 363 g/mol. The van der Waals surface area contributed by atoms with Gasteiger partial charge in [-0.15, -0.1) is 0 Å². The molecule has 2 aromatic carbocycles. The summed E-state index contributed by atoms with van der Waals surface area (Å²) in [4.78, 5) is 4.53. The Morgan fingerprint density at radius 3 is 2.00 bits per heavy atom. The lowest BCUT2D eigenvalue weighted by atomic mass is 9.90. The van der Waals surface area contributed by atoms with Crippen molar-refractivity contribution >= 4 is 0 Å². The Morgan fingerprint density at radius 2 is 1.48 bits per heavy atom. The first-order valence-electron chi connectivity index (χ1n) is 9.47. The summed E-state index contributed by atoms with van der Waals surface area (Å²) in [6.07, 6.45) is 7.71. The van der Waals surface area contributed by atoms with E-state index in [1.165, 1.54) is 16.7 Å². The summed E-state index contributed by atoms with van der Waals surface area (Å²) in [5.41, 5.74) is 3.50. The lowest BCUT2D eigenvalue weighted by molar-refractivity contribution is 0.0455. The second-order valence-corrected chi connectivity index (χ2v) is 7.50. The van der Waals surface area contributed by atoms with Gasteiger partial charge in [0, 0.05) is 6.42 Å². The zero-order valence-corrected chi connectivity index (χ0v) is 16.8. The van der Waals surface area contributed by atoms with Crippen molar-refractivity contribution in [3.8, 4) is 0 Å². The maximum atomic E-state index is 6.40. The lowest BCUT2D eigenvalue weighted by Crippen LogP contribution is -2.54. The average Bonchev–Trinajstić information content (AvgIpc) is 2.70. The highest BCUT2D eigenvalue weighted by atomic mass is 16.5. The molecule has 0 aliphatic heterocycles. The molecule has 1 unspecified atom stereocenters. The number of hydrogen-bond donors (Lipinski definition) is 0. The maximum absolute atomic E-state index is 6.40. The molecule has 1 aliphatic rings. The molecule has 0 spiro atoms. The summed E-state index contributed by atoms with van der Waals surface area (Å²) in [6, 6.07) is 20.8. The molecule has 0 heterocycles. The Kier molecular flexibility index (Phi) is 6.27. The molecule has 0 saturated carbocycles. The van der Waals surface area contributed by atoms with Gasteiger partial charge in [0.1, 0.15) is 6.10 Å². The molecular weight excluding hydrogens is 332 g/mol. The van der Waals surface area contributed by atoms with Crippen molar-refractivity contribution in [2.24, 2.45) is 0 Å². The van der Waals surface area contributed by atoms with Crippen LogP contribution in [0.3, 0.4) is 0 Å². The predicted molar refractivity (Wildman–Crippen MR) is 112 cm³/mol. The largest absolute Gasteiger partial charge is 0.364 e. The second-order valence-electron chi connectivity index (χ2n) is 7.50. The van der Waals surface area contributed by atoms with Crippen molar-refractivity contribution in [2.75, 3.05) is 28.2 Å². The van der Waals surface area contributed by atoms with Gasteiger partial charge in [-0.25, -0.2) is 0 Å². The fraction of sp³-hybridized carbons (Fsp3) is 0.333. The van der Waals surface area contributed by atoms with Gasteiger partial charge in [0.05, 0.1) is 12.3 Å². The highest BCUT2D eigenvalue weighted by Crippen LogP contribution is 2.35. The number of nitrogens with zero attached hydrogens (tertiary/aromatic N) is 2. The highest BCUT2D eigenvalue weighted by Gasteiger charge is 2.34. The summed E-state index contributed by atoms with van der Waals surface area (Å²) >= 11 is 0. The maximum Gasteiger partial charge on any atom is 0.108 e. The third kappa shape index (κ3) is 4.38. The Hall–Kier alpha value is -2.20. The van der Waals surface area contributed by atoms with Crippen molar-refractivity contribution in [1.29, 1.82) is 0 Å². The smallest absolute Gasteiger partial charge is 0.108 e. The van der Waals surface area contributed by atoms with Gasteiger partial charge in [0.2, 0.25) is 0 Å². The van der Waals surface area contributed by atoms with Crippen molar-refractivity contribution < 1.29 is 4.74 Å². The minimum atomic E-state index is -0.0931. The summed E-state index contributed by atoms with van der Waals surface area (Å²) in [5.74, 6) is 0. The van der Waals surface area contributed by atoms with Gasteiger partial charge >= 0.3 is 0 Å². The first kappa shape index (κ1) is 19.6. The van der Waals surface area contributed by atoms with Crippen LogP contribution in [0.5, 0.6) is 0 Å². The third-order valence-electron chi connectivity index (χ3n) is 5.39. The van der Waals surface area contributed by atoms with Crippen LogP contribution < -0.4 is 0 Å². The minimum Gasteiger partial charge on any atom is -0.364 e. The summed E-state index contributed by atoms with van der Waals surface area (Å²) in [7, 11) is 8.51. The summed E-state index contributed by atoms with van der Waals surface area (Å²) < 4.78 is 6.40. The van der Waals surface area contributed by atoms with Crippen LogP contribution in [0, 0.1) is 0 Å². The molecule has 2 aromatic rings. The van der Waals surface area contributed by atoms with Crippen molar-refractivity contribution in [3.63, 3.8) is 0 Å². The van der Waals surface area contributed by atoms with Crippen molar-refractivity contribution in [1.82, 2.24) is 9.80 Å². The van der Waals surface area contributed by atoms with E-state index in [4.69, 9.17) is 4.74 Å². The van der Waals surface area contributed by atoms with Gasteiger partial charge in [0.15, 0.2) is 0 Å². The fourth-order valence-electron chi connectivity index (χ4n) is 3.66. The molecule has 3 nitrogen and oxygen atoms in total. The van der Waals surface area contributed by atoms with Crippen LogP contribution in [0.2, 0.25) is 0 Å². The van der Waals surface area contributed by atoms with E-state index < -0.39 is 0 Å². The van der Waals surface area contributed by atoms with Crippen LogP contribution in [0.4, 0.5) is 0 Å². The van der Waals surface area contributed by atoms with Gasteiger partial charge in [-0.1, -0.05) is 72.8 Å². The standard InChI is InChI=1S/C24H30N2O/c1-25(2)24(26(3)4)17-15-22(16-18-24)23(21-13-9-6-10-14-21)27-19-20-11-7-5-8-12-20/h5-17,23H,18-19H2,1-4H3. The van der Waals surface area contributed by atoms with Crippen LogP contribution in [-0.4, -0.2) is 43.7 Å². The Balaban J connectivity index is 1.84. The molecule has 1 aliphatic carbocycles. The molecule has 0 radical (unpaired) electrons. The fourth-order valence-corrected chi connectivity index (χ4v) is 3.66. The van der Waals surface area contributed by atoms with Crippen molar-refractivity contribution in [2.45, 2.75) is 24.8 Å². The normalized spacial score (nSPS) is 17.2. The number of hydrogen-bond acceptors (Lipinski definition) is 3. The zero-order chi connectivity index (χ0) is 19.3. The van der Waals surface area contributed by atoms with Gasteiger partial charge in [-0.2, -0.15) is 0 Å². The second kappa shape index (κ2) is 8.66. The monoisotopic (exact) mass is 362 g/mol. The number of likely N-dealkylation sites (N-methyl/N-ethyl adjacent to an activating group) is 2. The first-order valence-corrected chi connectivity index (χ1v) is 9.47. The van der Waals surface area contributed by atoms with Crippen molar-refractivity contribution in [3.05, 3.63) is 95.6 Å². The zero-order valence-electron chi connectivity index (χ0n) is 16.8. The van der Waals surface area contributed by atoms with E-state index in [1.54, 1.807) is 0 Å². The van der Waals surface area contributed by atoms with Gasteiger partial charge < -0.3 is 4.74 Å². The Morgan fingerprint density at radius 1 is 0.889 bits per heavy atom. The van der Waals surface area contributed by atoms with E-state index >= 15 is 0 Å². The molecule has 0 aromatic heterocycles. The molecule has 0 fully saturated rings. The summed E-state index contributed by atoms with van der Waals surface area (Å²) in [5, 5.41) is 0. The molecule has 0 saturated heterocycles. The van der Waals surface area contributed by atoms with E-state index in [0.29, 0.717) is 6.61 Å². The van der Waals surface area contributed by atoms with E-state index in [9.17, 15) is 0 Å². The molecule has 142 valence electrons. The van der Waals surface area contributed by atoms with Crippen LogP contribution in [0.25, 0.3) is 0 Å². The third-order valence-corrected chi connectivity index (χ3v) is 5.39. The predicted octanol–water partition coefficient (Wildman–Crippen LogP) is 4.65. The molecule has 27 heavy (non-hydrogen) atoms. The Bertz CT molecular complexity index is 771. The molecule has 1 atom stereocenters. The number of ether oxygens (including phenoxy) is 1. The van der Waals surface area contributed by atoms with Crippen LogP contribution >= 0.6 is 0 Å². The van der Waals surface area contributed by atoms with Gasteiger partial charge in [-0.05, 0) is 51.0 Å². The SMILES string of the molecule is CN(C)C1(N(C)C)C=CC(C(OCc2ccccc2)c2ccccc2)=CC1. The first-order chi connectivity index (χ1) is 13.0. The van der Waals surface area contributed by atoms with Crippen LogP contribution in [0.1, 0.15) is 23.7 Å². The van der Waals surface area contributed by atoms with Crippen LogP contribution in [0.15, 0.2) is 84.5 Å². The van der Waals surface area contributed by atoms with Gasteiger partial charge in [-0.3, -0.25) is 9.80 Å². The molecule has 3 heteroatoms. The number of benzene rings is 2. The minimum absolute atomic E-state index is 0.0648. The van der Waals surface area contributed by atoms with E-state index in [0.717, 1.165) is 6.42 Å². The lowest BCUT2D eigenvalue weighted by Gasteiger charge is -2.44. The van der Waals surface area contributed by atoms with E-state index in [1.807, 2.05) is 12.1 Å². The molecule has 0 N–H and O–H groups in total. The van der Waals surface area contributed by atoms with E-state index in [2.05, 4.69) is 105 Å². The number of rotatable bonds is 7. The molecule has 3 rings (SSSR count). The highest BCUT2D eigenvalue weighted by molar-refractivity contribution is 5.37.